The van der Waals surface area contributed by atoms with Gasteiger partial charge in [0.25, 0.3) is 0 Å². The molecule has 0 heterocycles. The van der Waals surface area contributed by atoms with Gasteiger partial charge in [-0.25, -0.2) is 0 Å². The summed E-state index contributed by atoms with van der Waals surface area (Å²) >= 11 is 0. The first-order valence-electron chi connectivity index (χ1n) is 22.6. The molecule has 0 aliphatic carbocycles. The van der Waals surface area contributed by atoms with Gasteiger partial charge in [0.2, 0.25) is 0 Å². The highest BCUT2D eigenvalue weighted by Gasteiger charge is 2.19. The second-order valence-electron chi connectivity index (χ2n) is 16.9. The molecular formula is C46H88O6. The first kappa shape index (κ1) is 50.4. The topological polar surface area (TPSA) is 78.9 Å². The lowest BCUT2D eigenvalue weighted by molar-refractivity contribution is -0.167. The van der Waals surface area contributed by atoms with Crippen LogP contribution in [0.4, 0.5) is 0 Å². The number of carbonyl (C=O) groups excluding carboxylic acids is 3. The number of carbonyl (C=O) groups is 3. The van der Waals surface area contributed by atoms with Gasteiger partial charge in [0.15, 0.2) is 6.10 Å². The van der Waals surface area contributed by atoms with Crippen molar-refractivity contribution in [2.45, 2.75) is 247 Å². The fourth-order valence-corrected chi connectivity index (χ4v) is 6.67. The number of rotatable bonds is 39. The molecule has 0 rings (SSSR count). The highest BCUT2D eigenvalue weighted by atomic mass is 16.6. The average Bonchev–Trinajstić information content (AvgIpc) is 3.11. The molecule has 0 aliphatic heterocycles. The van der Waals surface area contributed by atoms with Crippen LogP contribution >= 0.6 is 0 Å². The Bertz CT molecular complexity index is 809. The lowest BCUT2D eigenvalue weighted by atomic mass is 10.00. The quantitative estimate of drug-likeness (QED) is 0.0355. The largest absolute Gasteiger partial charge is 0.462 e. The summed E-state index contributed by atoms with van der Waals surface area (Å²) < 4.78 is 16.7. The van der Waals surface area contributed by atoms with E-state index in [4.69, 9.17) is 14.2 Å². The Hall–Kier alpha value is -1.59. The SMILES string of the molecule is CCC(C)CCCCCCCCC(=O)OC[C@@H](COC(=O)CCCCCCCCC(C)C)OC(=O)CCCCCCCCCCCCCCC(C)C. The van der Waals surface area contributed by atoms with Crippen molar-refractivity contribution in [2.75, 3.05) is 13.2 Å². The molecule has 0 radical (unpaired) electrons. The number of ether oxygens (including phenoxy) is 3. The normalized spacial score (nSPS) is 12.7. The minimum Gasteiger partial charge on any atom is -0.462 e. The summed E-state index contributed by atoms with van der Waals surface area (Å²) in [5.74, 6) is 1.54. The molecule has 0 bridgehead atoms. The molecule has 0 fully saturated rings. The highest BCUT2D eigenvalue weighted by molar-refractivity contribution is 5.71. The minimum absolute atomic E-state index is 0.0677. The first-order valence-corrected chi connectivity index (χ1v) is 22.6. The maximum atomic E-state index is 12.7. The molecule has 52 heavy (non-hydrogen) atoms. The van der Waals surface area contributed by atoms with Crippen LogP contribution in [0.5, 0.6) is 0 Å². The predicted molar refractivity (Wildman–Crippen MR) is 219 cm³/mol. The van der Waals surface area contributed by atoms with Gasteiger partial charge in [-0.3, -0.25) is 14.4 Å². The summed E-state index contributed by atoms with van der Waals surface area (Å²) in [7, 11) is 0. The predicted octanol–water partition coefficient (Wildman–Crippen LogP) is 14.0. The zero-order valence-corrected chi connectivity index (χ0v) is 35.6. The molecule has 0 amide bonds. The number of hydrogen-bond donors (Lipinski definition) is 0. The fraction of sp³-hybridized carbons (Fsp3) is 0.935. The van der Waals surface area contributed by atoms with E-state index in [9.17, 15) is 14.4 Å². The van der Waals surface area contributed by atoms with E-state index in [0.717, 1.165) is 75.5 Å². The van der Waals surface area contributed by atoms with E-state index >= 15 is 0 Å². The summed E-state index contributed by atoms with van der Waals surface area (Å²) in [6.45, 7) is 13.6. The molecule has 308 valence electrons. The Morgan fingerprint density at radius 1 is 0.385 bits per heavy atom. The van der Waals surface area contributed by atoms with Crippen molar-refractivity contribution < 1.29 is 28.6 Å². The van der Waals surface area contributed by atoms with E-state index in [0.29, 0.717) is 19.3 Å². The highest BCUT2D eigenvalue weighted by Crippen LogP contribution is 2.17. The number of unbranched alkanes of at least 4 members (excludes halogenated alkanes) is 21. The van der Waals surface area contributed by atoms with Crippen molar-refractivity contribution in [3.8, 4) is 0 Å². The standard InChI is InChI=1S/C46H88O6/c1-7-42(6)34-28-22-17-19-24-30-36-45(48)51-39-43(38-50-44(47)35-29-23-18-16-21-27-33-41(4)5)52-46(49)37-31-25-15-13-11-9-8-10-12-14-20-26-32-40(2)3/h40-43H,7-39H2,1-6H3/t42?,43-/m1/s1. The summed E-state index contributed by atoms with van der Waals surface area (Å²) in [5, 5.41) is 0. The second-order valence-corrected chi connectivity index (χ2v) is 16.9. The summed E-state index contributed by atoms with van der Waals surface area (Å²) in [6, 6.07) is 0. The minimum atomic E-state index is -0.762. The molecule has 0 aromatic heterocycles. The van der Waals surface area contributed by atoms with Crippen molar-refractivity contribution in [1.29, 1.82) is 0 Å². The van der Waals surface area contributed by atoms with Gasteiger partial charge < -0.3 is 14.2 Å². The smallest absolute Gasteiger partial charge is 0.306 e. The summed E-state index contributed by atoms with van der Waals surface area (Å²) in [6.07, 6.45) is 33.9. The van der Waals surface area contributed by atoms with E-state index in [1.807, 2.05) is 0 Å². The third-order valence-electron chi connectivity index (χ3n) is 10.5. The Morgan fingerprint density at radius 3 is 1.00 bits per heavy atom. The van der Waals surface area contributed by atoms with Crippen LogP contribution in [0.1, 0.15) is 241 Å². The zero-order chi connectivity index (χ0) is 38.5. The van der Waals surface area contributed by atoms with Crippen molar-refractivity contribution >= 4 is 17.9 Å². The van der Waals surface area contributed by atoms with Crippen LogP contribution in [0.15, 0.2) is 0 Å². The number of hydrogen-bond acceptors (Lipinski definition) is 6. The Morgan fingerprint density at radius 2 is 0.673 bits per heavy atom. The second kappa shape index (κ2) is 37.7. The molecule has 0 aliphatic rings. The molecule has 0 saturated heterocycles. The van der Waals surface area contributed by atoms with Crippen molar-refractivity contribution in [2.24, 2.45) is 17.8 Å². The van der Waals surface area contributed by atoms with Crippen molar-refractivity contribution in [3.63, 3.8) is 0 Å². The van der Waals surface area contributed by atoms with Crippen LogP contribution in [0.3, 0.4) is 0 Å². The monoisotopic (exact) mass is 737 g/mol. The summed E-state index contributed by atoms with van der Waals surface area (Å²) in [5.41, 5.74) is 0. The lowest BCUT2D eigenvalue weighted by Gasteiger charge is -2.18. The molecule has 6 nitrogen and oxygen atoms in total. The fourth-order valence-electron chi connectivity index (χ4n) is 6.67. The van der Waals surface area contributed by atoms with Gasteiger partial charge in [-0.2, -0.15) is 0 Å². The first-order chi connectivity index (χ1) is 25.1. The third-order valence-corrected chi connectivity index (χ3v) is 10.5. The van der Waals surface area contributed by atoms with Crippen LogP contribution in [0.2, 0.25) is 0 Å². The third kappa shape index (κ3) is 38.1. The molecule has 6 heteroatoms. The van der Waals surface area contributed by atoms with Crippen LogP contribution in [-0.4, -0.2) is 37.2 Å². The average molecular weight is 737 g/mol. The molecule has 0 saturated carbocycles. The molecule has 0 spiro atoms. The van der Waals surface area contributed by atoms with Gasteiger partial charge in [0.05, 0.1) is 0 Å². The Kier molecular flexibility index (Phi) is 36.6. The van der Waals surface area contributed by atoms with E-state index in [-0.39, 0.29) is 31.1 Å². The molecule has 0 aromatic carbocycles. The number of esters is 3. The van der Waals surface area contributed by atoms with Gasteiger partial charge in [-0.1, -0.05) is 202 Å². The van der Waals surface area contributed by atoms with Gasteiger partial charge >= 0.3 is 17.9 Å². The molecule has 2 atom stereocenters. The van der Waals surface area contributed by atoms with Crippen LogP contribution in [0.25, 0.3) is 0 Å². The molecule has 0 N–H and O–H groups in total. The molecular weight excluding hydrogens is 648 g/mol. The maximum absolute atomic E-state index is 12.7. The maximum Gasteiger partial charge on any atom is 0.306 e. The van der Waals surface area contributed by atoms with Crippen molar-refractivity contribution in [3.05, 3.63) is 0 Å². The summed E-state index contributed by atoms with van der Waals surface area (Å²) in [4.78, 5) is 37.6. The van der Waals surface area contributed by atoms with E-state index in [2.05, 4.69) is 41.5 Å². The zero-order valence-electron chi connectivity index (χ0n) is 35.6. The van der Waals surface area contributed by atoms with Crippen LogP contribution < -0.4 is 0 Å². The van der Waals surface area contributed by atoms with E-state index in [1.54, 1.807) is 0 Å². The molecule has 1 unspecified atom stereocenters. The Balaban J connectivity index is 4.33. The van der Waals surface area contributed by atoms with Gasteiger partial charge in [-0.15, -0.1) is 0 Å². The van der Waals surface area contributed by atoms with Gasteiger partial charge in [0, 0.05) is 19.3 Å². The Labute approximate surface area is 323 Å². The van der Waals surface area contributed by atoms with Crippen LogP contribution in [-0.2, 0) is 28.6 Å². The van der Waals surface area contributed by atoms with E-state index < -0.39 is 6.10 Å². The van der Waals surface area contributed by atoms with E-state index in [1.165, 1.54) is 122 Å². The molecule has 0 aromatic rings. The lowest BCUT2D eigenvalue weighted by Crippen LogP contribution is -2.30. The van der Waals surface area contributed by atoms with Crippen LogP contribution in [0, 0.1) is 17.8 Å². The van der Waals surface area contributed by atoms with Gasteiger partial charge in [-0.05, 0) is 37.0 Å². The van der Waals surface area contributed by atoms with Crippen molar-refractivity contribution in [1.82, 2.24) is 0 Å². The van der Waals surface area contributed by atoms with Gasteiger partial charge in [0.1, 0.15) is 13.2 Å².